The molecule has 1 aromatic carbocycles. The molecule has 2 heteroatoms. The van der Waals surface area contributed by atoms with Gasteiger partial charge in [-0.25, -0.2) is 4.39 Å². The Morgan fingerprint density at radius 1 is 1.50 bits per heavy atom. The Hall–Kier alpha value is -0.890. The lowest BCUT2D eigenvalue weighted by atomic mass is 9.94. The Labute approximate surface area is 71.6 Å². The summed E-state index contributed by atoms with van der Waals surface area (Å²) in [7, 11) is 0. The first-order chi connectivity index (χ1) is 5.77. The van der Waals surface area contributed by atoms with E-state index in [1.165, 1.54) is 11.6 Å². The van der Waals surface area contributed by atoms with E-state index in [1.54, 1.807) is 6.07 Å². The third-order valence-corrected chi connectivity index (χ3v) is 2.44. The van der Waals surface area contributed by atoms with E-state index in [0.717, 1.165) is 18.5 Å². The molecule has 12 heavy (non-hydrogen) atoms. The number of rotatable bonds is 1. The summed E-state index contributed by atoms with van der Waals surface area (Å²) >= 11 is 0. The minimum atomic E-state index is -0.135. The molecule has 1 fully saturated rings. The fraction of sp³-hybridized carbons (Fsp3) is 0.400. The molecule has 0 aliphatic carbocycles. The zero-order valence-corrected chi connectivity index (χ0v) is 7.10. The highest BCUT2D eigenvalue weighted by molar-refractivity contribution is 5.30. The van der Waals surface area contributed by atoms with Gasteiger partial charge in [0.2, 0.25) is 0 Å². The highest BCUT2D eigenvalue weighted by atomic mass is 19.1. The van der Waals surface area contributed by atoms with Gasteiger partial charge in [0, 0.05) is 6.04 Å². The molecule has 1 aliphatic heterocycles. The van der Waals surface area contributed by atoms with Crippen LogP contribution in [0.3, 0.4) is 0 Å². The average molecular weight is 165 g/mol. The normalized spacial score (nSPS) is 22.0. The molecule has 1 nitrogen and oxygen atoms in total. The van der Waals surface area contributed by atoms with Crippen LogP contribution in [0.4, 0.5) is 4.39 Å². The Morgan fingerprint density at radius 3 is 2.83 bits per heavy atom. The van der Waals surface area contributed by atoms with Crippen molar-refractivity contribution in [3.63, 3.8) is 0 Å². The topological polar surface area (TPSA) is 12.0 Å². The van der Waals surface area contributed by atoms with E-state index in [1.807, 2.05) is 13.0 Å². The Kier molecular flexibility index (Phi) is 1.85. The van der Waals surface area contributed by atoms with Crippen molar-refractivity contribution in [1.29, 1.82) is 0 Å². The maximum atomic E-state index is 12.8. The van der Waals surface area contributed by atoms with Crippen molar-refractivity contribution >= 4 is 0 Å². The summed E-state index contributed by atoms with van der Waals surface area (Å²) in [4.78, 5) is 0. The minimum Gasteiger partial charge on any atom is -0.310 e. The Bertz CT molecular complexity index is 292. The van der Waals surface area contributed by atoms with E-state index in [-0.39, 0.29) is 5.82 Å². The van der Waals surface area contributed by atoms with Crippen molar-refractivity contribution in [3.8, 4) is 0 Å². The molecule has 1 N–H and O–H groups in total. The lowest BCUT2D eigenvalue weighted by Gasteiger charge is -2.29. The van der Waals surface area contributed by atoms with Crippen molar-refractivity contribution in [2.24, 2.45) is 0 Å². The highest BCUT2D eigenvalue weighted by Gasteiger charge is 2.20. The average Bonchev–Trinajstić information content (AvgIpc) is 1.93. The number of benzene rings is 1. The van der Waals surface area contributed by atoms with Gasteiger partial charge in [0.25, 0.3) is 0 Å². The fourth-order valence-corrected chi connectivity index (χ4v) is 1.54. The first-order valence-corrected chi connectivity index (χ1v) is 4.27. The molecule has 0 aromatic heterocycles. The quantitative estimate of drug-likeness (QED) is 0.672. The van der Waals surface area contributed by atoms with Crippen molar-refractivity contribution in [1.82, 2.24) is 5.32 Å². The second-order valence-electron chi connectivity index (χ2n) is 3.30. The van der Waals surface area contributed by atoms with Crippen LogP contribution in [-0.4, -0.2) is 6.54 Å². The first-order valence-electron chi connectivity index (χ1n) is 4.27. The van der Waals surface area contributed by atoms with Crippen molar-refractivity contribution < 1.29 is 4.39 Å². The molecule has 0 radical (unpaired) electrons. The van der Waals surface area contributed by atoms with E-state index >= 15 is 0 Å². The molecule has 0 saturated carbocycles. The molecule has 1 atom stereocenters. The van der Waals surface area contributed by atoms with Crippen LogP contribution in [0.25, 0.3) is 0 Å². The highest BCUT2D eigenvalue weighted by Crippen LogP contribution is 2.25. The van der Waals surface area contributed by atoms with E-state index in [0.29, 0.717) is 6.04 Å². The van der Waals surface area contributed by atoms with Gasteiger partial charge in [0.1, 0.15) is 5.82 Å². The first kappa shape index (κ1) is 7.74. The lowest BCUT2D eigenvalue weighted by Crippen LogP contribution is -2.35. The molecular formula is C10H12FN. The minimum absolute atomic E-state index is 0.135. The summed E-state index contributed by atoms with van der Waals surface area (Å²) in [5.41, 5.74) is 2.29. The molecule has 1 aliphatic rings. The van der Waals surface area contributed by atoms with Gasteiger partial charge in [-0.3, -0.25) is 0 Å². The molecule has 64 valence electrons. The second kappa shape index (κ2) is 2.87. The van der Waals surface area contributed by atoms with Gasteiger partial charge in [-0.1, -0.05) is 6.07 Å². The van der Waals surface area contributed by atoms with Crippen LogP contribution in [-0.2, 0) is 0 Å². The maximum absolute atomic E-state index is 12.8. The molecule has 0 spiro atoms. The largest absolute Gasteiger partial charge is 0.310 e. The van der Waals surface area contributed by atoms with Crippen LogP contribution in [0, 0.1) is 12.7 Å². The second-order valence-corrected chi connectivity index (χ2v) is 3.30. The van der Waals surface area contributed by atoms with Crippen LogP contribution in [0.5, 0.6) is 0 Å². The zero-order chi connectivity index (χ0) is 8.55. The van der Waals surface area contributed by atoms with E-state index in [2.05, 4.69) is 5.32 Å². The Morgan fingerprint density at radius 2 is 2.25 bits per heavy atom. The van der Waals surface area contributed by atoms with Crippen molar-refractivity contribution in [2.45, 2.75) is 19.4 Å². The summed E-state index contributed by atoms with van der Waals surface area (Å²) in [6, 6.07) is 5.37. The fourth-order valence-electron chi connectivity index (χ4n) is 1.54. The Balaban J connectivity index is 2.34. The van der Waals surface area contributed by atoms with Gasteiger partial charge in [-0.05, 0) is 43.1 Å². The summed E-state index contributed by atoms with van der Waals surface area (Å²) < 4.78 is 12.8. The van der Waals surface area contributed by atoms with Gasteiger partial charge in [0.15, 0.2) is 0 Å². The predicted molar refractivity (Wildman–Crippen MR) is 46.5 cm³/mol. The molecule has 1 heterocycles. The predicted octanol–water partition coefficient (Wildman–Crippen LogP) is 2.17. The summed E-state index contributed by atoms with van der Waals surface area (Å²) in [5, 5.41) is 3.26. The van der Waals surface area contributed by atoms with Crippen LogP contribution in [0.1, 0.15) is 23.6 Å². The summed E-state index contributed by atoms with van der Waals surface area (Å²) in [5.74, 6) is -0.135. The third-order valence-electron chi connectivity index (χ3n) is 2.44. The molecule has 2 rings (SSSR count). The van der Waals surface area contributed by atoms with E-state index in [9.17, 15) is 4.39 Å². The van der Waals surface area contributed by atoms with Gasteiger partial charge in [-0.15, -0.1) is 0 Å². The van der Waals surface area contributed by atoms with Crippen LogP contribution >= 0.6 is 0 Å². The molecule has 0 bridgehead atoms. The van der Waals surface area contributed by atoms with E-state index in [4.69, 9.17) is 0 Å². The number of hydrogen-bond acceptors (Lipinski definition) is 1. The lowest BCUT2D eigenvalue weighted by molar-refractivity contribution is 0.380. The number of hydrogen-bond donors (Lipinski definition) is 1. The standard InChI is InChI=1S/C10H12FN/c1-7-2-3-8(11)6-9(7)10-4-5-12-10/h2-3,6,10,12H,4-5H2,1H3/t10-/m0/s1. The number of aryl methyl sites for hydroxylation is 1. The zero-order valence-electron chi connectivity index (χ0n) is 7.10. The molecule has 0 amide bonds. The molecular weight excluding hydrogens is 153 g/mol. The van der Waals surface area contributed by atoms with Crippen LogP contribution in [0.15, 0.2) is 18.2 Å². The van der Waals surface area contributed by atoms with Crippen molar-refractivity contribution in [3.05, 3.63) is 35.1 Å². The molecule has 1 aromatic rings. The number of nitrogens with one attached hydrogen (secondary N) is 1. The summed E-state index contributed by atoms with van der Waals surface area (Å²) in [6.45, 7) is 3.08. The number of halogens is 1. The smallest absolute Gasteiger partial charge is 0.123 e. The summed E-state index contributed by atoms with van der Waals surface area (Å²) in [6.07, 6.45) is 1.13. The molecule has 1 saturated heterocycles. The monoisotopic (exact) mass is 165 g/mol. The van der Waals surface area contributed by atoms with Crippen LogP contribution in [0.2, 0.25) is 0 Å². The SMILES string of the molecule is Cc1ccc(F)cc1[C@@H]1CCN1. The van der Waals surface area contributed by atoms with Crippen molar-refractivity contribution in [2.75, 3.05) is 6.54 Å². The maximum Gasteiger partial charge on any atom is 0.123 e. The van der Waals surface area contributed by atoms with Gasteiger partial charge < -0.3 is 5.32 Å². The van der Waals surface area contributed by atoms with E-state index < -0.39 is 0 Å². The van der Waals surface area contributed by atoms with Gasteiger partial charge in [0.05, 0.1) is 0 Å². The van der Waals surface area contributed by atoms with Crippen LogP contribution < -0.4 is 5.32 Å². The molecule has 0 unspecified atom stereocenters. The van der Waals surface area contributed by atoms with Gasteiger partial charge in [-0.2, -0.15) is 0 Å². The third kappa shape index (κ3) is 1.23. The van der Waals surface area contributed by atoms with Gasteiger partial charge >= 0.3 is 0 Å².